The maximum atomic E-state index is 12.7. The highest BCUT2D eigenvalue weighted by Gasteiger charge is 2.21. The minimum absolute atomic E-state index is 0.110. The average Bonchev–Trinajstić information content (AvgIpc) is 2.46. The molecule has 1 N–H and O–H groups in total. The van der Waals surface area contributed by atoms with E-state index in [1.807, 2.05) is 13.8 Å². The van der Waals surface area contributed by atoms with Crippen LogP contribution in [0, 0.1) is 6.92 Å². The molecule has 2 aromatic carbocycles. The number of halogens is 2. The number of carbonyl (C=O) groups excluding carboxylic acids is 1. The van der Waals surface area contributed by atoms with Gasteiger partial charge in [0, 0.05) is 12.6 Å². The van der Waals surface area contributed by atoms with E-state index in [9.17, 15) is 9.90 Å². The summed E-state index contributed by atoms with van der Waals surface area (Å²) in [7, 11) is 0. The van der Waals surface area contributed by atoms with Crippen LogP contribution in [0.3, 0.4) is 0 Å². The third-order valence-corrected chi connectivity index (χ3v) is 4.05. The number of hydrogen-bond donors (Lipinski definition) is 1. The highest BCUT2D eigenvalue weighted by atomic mass is 35.5. The van der Waals surface area contributed by atoms with Crippen molar-refractivity contribution in [2.75, 3.05) is 11.4 Å². The Morgan fingerprint density at radius 1 is 1.24 bits per heavy atom. The average molecular weight is 324 g/mol. The van der Waals surface area contributed by atoms with Crippen LogP contribution in [0.25, 0.3) is 0 Å². The van der Waals surface area contributed by atoms with Crippen molar-refractivity contribution >= 4 is 34.8 Å². The molecule has 0 saturated carbocycles. The molecule has 0 aliphatic rings. The fourth-order valence-electron chi connectivity index (χ4n) is 2.13. The van der Waals surface area contributed by atoms with E-state index in [0.717, 1.165) is 5.56 Å². The van der Waals surface area contributed by atoms with Gasteiger partial charge in [-0.05, 0) is 37.6 Å². The summed E-state index contributed by atoms with van der Waals surface area (Å²) < 4.78 is 0. The molecule has 0 spiro atoms. The number of benzene rings is 2. The van der Waals surface area contributed by atoms with Crippen LogP contribution in [-0.4, -0.2) is 17.6 Å². The van der Waals surface area contributed by atoms with Gasteiger partial charge in [-0.1, -0.05) is 35.3 Å². The molecule has 0 atom stereocenters. The molecule has 0 saturated heterocycles. The molecule has 0 aliphatic heterocycles. The van der Waals surface area contributed by atoms with Crippen molar-refractivity contribution in [2.24, 2.45) is 0 Å². The number of phenolic OH excluding ortho intramolecular Hbond substituents is 1. The molecule has 0 bridgehead atoms. The predicted octanol–water partition coefficient (Wildman–Crippen LogP) is 4.67. The Morgan fingerprint density at radius 2 is 1.95 bits per heavy atom. The lowest BCUT2D eigenvalue weighted by atomic mass is 10.1. The highest BCUT2D eigenvalue weighted by molar-refractivity contribution is 6.44. The molecule has 2 rings (SSSR count). The van der Waals surface area contributed by atoms with Crippen molar-refractivity contribution in [1.82, 2.24) is 0 Å². The van der Waals surface area contributed by atoms with Crippen LogP contribution in [0.1, 0.15) is 22.8 Å². The number of carbonyl (C=O) groups is 1. The molecule has 2 aromatic rings. The van der Waals surface area contributed by atoms with Crippen molar-refractivity contribution in [3.05, 3.63) is 57.6 Å². The minimum atomic E-state index is -0.251. The van der Waals surface area contributed by atoms with Gasteiger partial charge >= 0.3 is 0 Å². The van der Waals surface area contributed by atoms with Gasteiger partial charge < -0.3 is 10.0 Å². The van der Waals surface area contributed by atoms with Gasteiger partial charge in [0.2, 0.25) is 0 Å². The first kappa shape index (κ1) is 15.7. The summed E-state index contributed by atoms with van der Waals surface area (Å²) in [5.41, 5.74) is 1.88. The molecule has 0 aliphatic carbocycles. The number of nitrogens with zero attached hydrogens (tertiary/aromatic N) is 1. The number of aromatic hydroxyl groups is 1. The quantitative estimate of drug-likeness (QED) is 0.891. The van der Waals surface area contributed by atoms with Crippen LogP contribution in [0.2, 0.25) is 10.0 Å². The Morgan fingerprint density at radius 3 is 2.62 bits per heavy atom. The summed E-state index contributed by atoms with van der Waals surface area (Å²) in [4.78, 5) is 14.3. The van der Waals surface area contributed by atoms with Crippen molar-refractivity contribution in [2.45, 2.75) is 13.8 Å². The van der Waals surface area contributed by atoms with E-state index in [0.29, 0.717) is 22.8 Å². The normalized spacial score (nSPS) is 10.5. The molecule has 5 heteroatoms. The third-order valence-electron chi connectivity index (χ3n) is 3.23. The zero-order valence-corrected chi connectivity index (χ0v) is 13.2. The molecule has 21 heavy (non-hydrogen) atoms. The number of anilines is 1. The van der Waals surface area contributed by atoms with Crippen LogP contribution < -0.4 is 4.90 Å². The highest BCUT2D eigenvalue weighted by Crippen LogP contribution is 2.30. The molecule has 0 heterocycles. The standard InChI is InChI=1S/C16H15Cl2NO2/c1-3-19(14-9-11(20)8-7-10(14)2)16(21)12-5-4-6-13(17)15(12)18/h4-9,20H,3H2,1-2H3. The first-order valence-electron chi connectivity index (χ1n) is 6.51. The monoisotopic (exact) mass is 323 g/mol. The fourth-order valence-corrected chi connectivity index (χ4v) is 2.51. The number of amides is 1. The summed E-state index contributed by atoms with van der Waals surface area (Å²) in [5, 5.41) is 10.2. The Bertz CT molecular complexity index is 686. The molecule has 0 aromatic heterocycles. The first-order valence-corrected chi connectivity index (χ1v) is 7.26. The van der Waals surface area contributed by atoms with Crippen LogP contribution in [0.4, 0.5) is 5.69 Å². The molecule has 3 nitrogen and oxygen atoms in total. The topological polar surface area (TPSA) is 40.5 Å². The van der Waals surface area contributed by atoms with Crippen molar-refractivity contribution in [3.8, 4) is 5.75 Å². The van der Waals surface area contributed by atoms with Crippen LogP contribution >= 0.6 is 23.2 Å². The second-order valence-electron chi connectivity index (χ2n) is 4.62. The molecule has 110 valence electrons. The summed E-state index contributed by atoms with van der Waals surface area (Å²) in [6, 6.07) is 9.87. The molecule has 0 radical (unpaired) electrons. The smallest absolute Gasteiger partial charge is 0.259 e. The predicted molar refractivity (Wildman–Crippen MR) is 86.7 cm³/mol. The molecule has 0 fully saturated rings. The van der Waals surface area contributed by atoms with Crippen molar-refractivity contribution in [3.63, 3.8) is 0 Å². The van der Waals surface area contributed by atoms with E-state index in [4.69, 9.17) is 23.2 Å². The third kappa shape index (κ3) is 3.14. The van der Waals surface area contributed by atoms with E-state index in [2.05, 4.69) is 0 Å². The molecule has 0 unspecified atom stereocenters. The van der Waals surface area contributed by atoms with E-state index in [1.165, 1.54) is 0 Å². The van der Waals surface area contributed by atoms with Crippen molar-refractivity contribution < 1.29 is 9.90 Å². The largest absolute Gasteiger partial charge is 0.508 e. The fraction of sp³-hybridized carbons (Fsp3) is 0.188. The SMILES string of the molecule is CCN(C(=O)c1cccc(Cl)c1Cl)c1cc(O)ccc1C. The Hall–Kier alpha value is -1.71. The number of rotatable bonds is 3. The second kappa shape index (κ2) is 6.37. The summed E-state index contributed by atoms with van der Waals surface area (Å²) in [6.45, 7) is 4.19. The van der Waals surface area contributed by atoms with Crippen LogP contribution in [0.5, 0.6) is 5.75 Å². The first-order chi connectivity index (χ1) is 9.95. The maximum Gasteiger partial charge on any atom is 0.259 e. The second-order valence-corrected chi connectivity index (χ2v) is 5.41. The minimum Gasteiger partial charge on any atom is -0.508 e. The van der Waals surface area contributed by atoms with Crippen LogP contribution in [0.15, 0.2) is 36.4 Å². The van der Waals surface area contributed by atoms with E-state index in [1.54, 1.807) is 41.3 Å². The van der Waals surface area contributed by atoms with Gasteiger partial charge in [0.1, 0.15) is 5.75 Å². The summed E-state index contributed by atoms with van der Waals surface area (Å²) >= 11 is 12.1. The van der Waals surface area contributed by atoms with Gasteiger partial charge in [0.05, 0.1) is 21.3 Å². The molecule has 1 amide bonds. The van der Waals surface area contributed by atoms with E-state index < -0.39 is 0 Å². The maximum absolute atomic E-state index is 12.7. The van der Waals surface area contributed by atoms with Gasteiger partial charge in [-0.2, -0.15) is 0 Å². The molecular formula is C16H15Cl2NO2. The van der Waals surface area contributed by atoms with Gasteiger partial charge in [-0.15, -0.1) is 0 Å². The Balaban J connectivity index is 2.48. The summed E-state index contributed by atoms with van der Waals surface area (Å²) in [6.07, 6.45) is 0. The van der Waals surface area contributed by atoms with Gasteiger partial charge in [-0.25, -0.2) is 0 Å². The Kier molecular flexibility index (Phi) is 4.76. The van der Waals surface area contributed by atoms with Gasteiger partial charge in [-0.3, -0.25) is 4.79 Å². The Labute approximate surface area is 133 Å². The number of hydrogen-bond acceptors (Lipinski definition) is 2. The summed E-state index contributed by atoms with van der Waals surface area (Å²) in [5.74, 6) is -0.141. The van der Waals surface area contributed by atoms with Gasteiger partial charge in [0.25, 0.3) is 5.91 Å². The lowest BCUT2D eigenvalue weighted by Crippen LogP contribution is -2.31. The zero-order valence-electron chi connectivity index (χ0n) is 11.7. The van der Waals surface area contributed by atoms with Gasteiger partial charge in [0.15, 0.2) is 0 Å². The van der Waals surface area contributed by atoms with E-state index in [-0.39, 0.29) is 16.7 Å². The van der Waals surface area contributed by atoms with Crippen molar-refractivity contribution in [1.29, 1.82) is 0 Å². The lowest BCUT2D eigenvalue weighted by Gasteiger charge is -2.23. The number of aryl methyl sites for hydroxylation is 1. The zero-order chi connectivity index (χ0) is 15.6. The molecular weight excluding hydrogens is 309 g/mol. The van der Waals surface area contributed by atoms with Crippen LogP contribution in [-0.2, 0) is 0 Å². The van der Waals surface area contributed by atoms with E-state index >= 15 is 0 Å². The number of phenols is 1. The lowest BCUT2D eigenvalue weighted by molar-refractivity contribution is 0.0988.